The summed E-state index contributed by atoms with van der Waals surface area (Å²) in [7, 11) is 1.76. The van der Waals surface area contributed by atoms with Crippen LogP contribution in [0.5, 0.6) is 0 Å². The predicted octanol–water partition coefficient (Wildman–Crippen LogP) is 2.02. The molecule has 0 amide bonds. The minimum Gasteiger partial charge on any atom is -0.376 e. The fourth-order valence-corrected chi connectivity index (χ4v) is 2.49. The zero-order valence-electron chi connectivity index (χ0n) is 12.8. The molecule has 1 atom stereocenters. The number of nitrogens with one attached hydrogen (secondary N) is 2. The molecule has 0 aromatic heterocycles. The lowest BCUT2D eigenvalue weighted by molar-refractivity contribution is 0.114. The van der Waals surface area contributed by atoms with E-state index in [1.807, 2.05) is 13.0 Å². The molecule has 0 saturated carbocycles. The van der Waals surface area contributed by atoms with Crippen LogP contribution in [0.1, 0.15) is 24.0 Å². The Labute approximate surface area is 125 Å². The summed E-state index contributed by atoms with van der Waals surface area (Å²) in [5, 5.41) is 6.55. The molecule has 1 aromatic rings. The number of guanidine groups is 1. The number of nitrogens with zero attached hydrogens (tertiary/aromatic N) is 1. The third-order valence-electron chi connectivity index (χ3n) is 3.74. The van der Waals surface area contributed by atoms with Gasteiger partial charge in [0.15, 0.2) is 5.96 Å². The SMILES string of the molecule is CN=C(NCCc1ccc(F)cc1C)NCC1CCCO1. The van der Waals surface area contributed by atoms with Crippen LogP contribution in [0.3, 0.4) is 0 Å². The molecule has 1 unspecified atom stereocenters. The van der Waals surface area contributed by atoms with Crippen LogP contribution in [0.15, 0.2) is 23.2 Å². The Morgan fingerprint density at radius 2 is 2.29 bits per heavy atom. The van der Waals surface area contributed by atoms with E-state index in [0.29, 0.717) is 6.10 Å². The minimum atomic E-state index is -0.182. The zero-order chi connectivity index (χ0) is 15.1. The van der Waals surface area contributed by atoms with E-state index in [4.69, 9.17) is 4.74 Å². The maximum absolute atomic E-state index is 13.0. The quantitative estimate of drug-likeness (QED) is 0.645. The molecule has 21 heavy (non-hydrogen) atoms. The maximum Gasteiger partial charge on any atom is 0.191 e. The number of benzene rings is 1. The van der Waals surface area contributed by atoms with Crippen molar-refractivity contribution in [1.29, 1.82) is 0 Å². The summed E-state index contributed by atoms with van der Waals surface area (Å²) in [6.45, 7) is 4.35. The summed E-state index contributed by atoms with van der Waals surface area (Å²) in [6, 6.07) is 4.92. The van der Waals surface area contributed by atoms with Crippen LogP contribution < -0.4 is 10.6 Å². The van der Waals surface area contributed by atoms with Crippen LogP contribution >= 0.6 is 0 Å². The molecule has 1 aliphatic rings. The summed E-state index contributed by atoms with van der Waals surface area (Å²) >= 11 is 0. The molecule has 2 N–H and O–H groups in total. The van der Waals surface area contributed by atoms with Crippen molar-refractivity contribution in [2.45, 2.75) is 32.3 Å². The summed E-state index contributed by atoms with van der Waals surface area (Å²) in [5.74, 6) is 0.600. The van der Waals surface area contributed by atoms with Crippen molar-refractivity contribution in [1.82, 2.24) is 10.6 Å². The first kappa shape index (κ1) is 15.8. The third kappa shape index (κ3) is 5.01. The van der Waals surface area contributed by atoms with Gasteiger partial charge in [0.2, 0.25) is 0 Å². The largest absolute Gasteiger partial charge is 0.376 e. The number of aliphatic imine (C=N–C) groups is 1. The molecule has 0 spiro atoms. The van der Waals surface area contributed by atoms with E-state index < -0.39 is 0 Å². The van der Waals surface area contributed by atoms with Crippen LogP contribution in [0.2, 0.25) is 0 Å². The first-order valence-corrected chi connectivity index (χ1v) is 7.50. The van der Waals surface area contributed by atoms with E-state index in [2.05, 4.69) is 15.6 Å². The molecule has 5 heteroatoms. The lowest BCUT2D eigenvalue weighted by Gasteiger charge is -2.15. The Morgan fingerprint density at radius 1 is 1.43 bits per heavy atom. The Morgan fingerprint density at radius 3 is 2.95 bits per heavy atom. The highest BCUT2D eigenvalue weighted by Crippen LogP contribution is 2.11. The average Bonchev–Trinajstić information content (AvgIpc) is 2.98. The van der Waals surface area contributed by atoms with Gasteiger partial charge in [0.25, 0.3) is 0 Å². The maximum atomic E-state index is 13.0. The van der Waals surface area contributed by atoms with Crippen molar-refractivity contribution in [2.24, 2.45) is 4.99 Å². The second-order valence-electron chi connectivity index (χ2n) is 5.34. The molecule has 0 radical (unpaired) electrons. The molecule has 2 rings (SSSR count). The Kier molecular flexibility index (Phi) is 5.99. The van der Waals surface area contributed by atoms with Crippen LogP contribution in [-0.4, -0.2) is 38.8 Å². The van der Waals surface area contributed by atoms with Crippen molar-refractivity contribution in [2.75, 3.05) is 26.7 Å². The number of hydrogen-bond donors (Lipinski definition) is 2. The Bertz CT molecular complexity index is 484. The van der Waals surface area contributed by atoms with Gasteiger partial charge in [0, 0.05) is 26.7 Å². The predicted molar refractivity (Wildman–Crippen MR) is 83.2 cm³/mol. The standard InChI is InChI=1S/C16H24FN3O/c1-12-10-14(17)6-5-13(12)7-8-19-16(18-2)20-11-15-4-3-9-21-15/h5-6,10,15H,3-4,7-9,11H2,1-2H3,(H2,18,19,20). The molecule has 1 saturated heterocycles. The van der Waals surface area contributed by atoms with Crippen molar-refractivity contribution < 1.29 is 9.13 Å². The zero-order valence-corrected chi connectivity index (χ0v) is 12.8. The smallest absolute Gasteiger partial charge is 0.191 e. The Balaban J connectivity index is 1.72. The average molecular weight is 293 g/mol. The van der Waals surface area contributed by atoms with E-state index in [1.54, 1.807) is 13.1 Å². The number of rotatable bonds is 5. The highest BCUT2D eigenvalue weighted by molar-refractivity contribution is 5.79. The van der Waals surface area contributed by atoms with E-state index in [9.17, 15) is 4.39 Å². The van der Waals surface area contributed by atoms with Gasteiger partial charge in [0.05, 0.1) is 6.10 Å². The summed E-state index contributed by atoms with van der Waals surface area (Å²) in [6.07, 6.45) is 3.39. The molecular weight excluding hydrogens is 269 g/mol. The number of aryl methyl sites for hydroxylation is 1. The summed E-state index contributed by atoms with van der Waals surface area (Å²) in [4.78, 5) is 4.20. The highest BCUT2D eigenvalue weighted by atomic mass is 19.1. The third-order valence-corrected chi connectivity index (χ3v) is 3.74. The first-order chi connectivity index (χ1) is 10.2. The fourth-order valence-electron chi connectivity index (χ4n) is 2.49. The molecule has 1 fully saturated rings. The molecular formula is C16H24FN3O. The molecule has 1 aromatic carbocycles. The summed E-state index contributed by atoms with van der Waals surface area (Å²) in [5.41, 5.74) is 2.14. The topological polar surface area (TPSA) is 45.7 Å². The molecule has 1 aliphatic heterocycles. The van der Waals surface area contributed by atoms with E-state index in [1.165, 1.54) is 6.07 Å². The van der Waals surface area contributed by atoms with E-state index in [0.717, 1.165) is 56.0 Å². The van der Waals surface area contributed by atoms with Crippen molar-refractivity contribution in [3.05, 3.63) is 35.1 Å². The lowest BCUT2D eigenvalue weighted by Crippen LogP contribution is -2.41. The second-order valence-corrected chi connectivity index (χ2v) is 5.34. The highest BCUT2D eigenvalue weighted by Gasteiger charge is 2.15. The van der Waals surface area contributed by atoms with Gasteiger partial charge < -0.3 is 15.4 Å². The van der Waals surface area contributed by atoms with Crippen LogP contribution in [-0.2, 0) is 11.2 Å². The van der Waals surface area contributed by atoms with Crippen molar-refractivity contribution >= 4 is 5.96 Å². The van der Waals surface area contributed by atoms with E-state index in [-0.39, 0.29) is 5.82 Å². The molecule has 4 nitrogen and oxygen atoms in total. The second kappa shape index (κ2) is 7.98. The minimum absolute atomic E-state index is 0.182. The van der Waals surface area contributed by atoms with Crippen LogP contribution in [0.25, 0.3) is 0 Å². The van der Waals surface area contributed by atoms with Crippen molar-refractivity contribution in [3.8, 4) is 0 Å². The fraction of sp³-hybridized carbons (Fsp3) is 0.562. The first-order valence-electron chi connectivity index (χ1n) is 7.50. The Hall–Kier alpha value is -1.62. The van der Waals surface area contributed by atoms with Gasteiger partial charge in [-0.2, -0.15) is 0 Å². The van der Waals surface area contributed by atoms with Gasteiger partial charge in [-0.25, -0.2) is 4.39 Å². The normalized spacial score (nSPS) is 18.8. The molecule has 116 valence electrons. The van der Waals surface area contributed by atoms with Crippen LogP contribution in [0, 0.1) is 12.7 Å². The van der Waals surface area contributed by atoms with Gasteiger partial charge in [-0.05, 0) is 49.4 Å². The van der Waals surface area contributed by atoms with Gasteiger partial charge in [-0.3, -0.25) is 4.99 Å². The van der Waals surface area contributed by atoms with Crippen LogP contribution in [0.4, 0.5) is 4.39 Å². The lowest BCUT2D eigenvalue weighted by atomic mass is 10.1. The number of hydrogen-bond acceptors (Lipinski definition) is 2. The van der Waals surface area contributed by atoms with E-state index >= 15 is 0 Å². The van der Waals surface area contributed by atoms with Gasteiger partial charge in [-0.15, -0.1) is 0 Å². The van der Waals surface area contributed by atoms with Gasteiger partial charge in [-0.1, -0.05) is 6.07 Å². The number of halogens is 1. The monoisotopic (exact) mass is 293 g/mol. The van der Waals surface area contributed by atoms with Crippen molar-refractivity contribution in [3.63, 3.8) is 0 Å². The summed E-state index contributed by atoms with van der Waals surface area (Å²) < 4.78 is 18.6. The molecule has 0 bridgehead atoms. The molecule has 0 aliphatic carbocycles. The molecule has 1 heterocycles. The van der Waals surface area contributed by atoms with Gasteiger partial charge >= 0.3 is 0 Å². The van der Waals surface area contributed by atoms with Gasteiger partial charge in [0.1, 0.15) is 5.82 Å². The number of ether oxygens (including phenoxy) is 1.